The normalized spacial score (nSPS) is 12.3. The van der Waals surface area contributed by atoms with Gasteiger partial charge in [0.25, 0.3) is 0 Å². The Kier molecular flexibility index (Phi) is 27.7. The van der Waals surface area contributed by atoms with Gasteiger partial charge in [0.05, 0.1) is 85.9 Å². The quantitative estimate of drug-likeness (QED) is 0.0624. The van der Waals surface area contributed by atoms with Gasteiger partial charge in [-0.15, -0.1) is 0 Å². The summed E-state index contributed by atoms with van der Waals surface area (Å²) in [6.45, 7) is 10.6. The van der Waals surface area contributed by atoms with E-state index in [1.54, 1.807) is 11.9 Å². The molecule has 0 radical (unpaired) electrons. The van der Waals surface area contributed by atoms with Crippen molar-refractivity contribution in [3.05, 3.63) is 59.7 Å². The molecule has 0 spiro atoms. The number of likely N-dealkylation sites (N-methyl/N-ethyl adjacent to an activating group) is 1. The molecule has 0 unspecified atom stereocenters. The lowest BCUT2D eigenvalue weighted by atomic mass is 9.98. The van der Waals surface area contributed by atoms with Crippen LogP contribution < -0.4 is 0 Å². The Morgan fingerprint density at radius 1 is 0.473 bits per heavy atom. The fraction of sp³-hybridized carbons (Fsp3) is 0.711. The molecule has 55 heavy (non-hydrogen) atoms. The number of fused-ring (bicyclic) bond motifs is 3. The summed E-state index contributed by atoms with van der Waals surface area (Å²) in [6.07, 6.45) is 17.4. The van der Waals surface area contributed by atoms with Crippen molar-refractivity contribution in [1.82, 2.24) is 4.90 Å². The van der Waals surface area contributed by atoms with Crippen LogP contribution >= 0.6 is 0 Å². The van der Waals surface area contributed by atoms with Crippen molar-refractivity contribution < 1.29 is 42.7 Å². The van der Waals surface area contributed by atoms with E-state index in [2.05, 4.69) is 31.2 Å². The summed E-state index contributed by atoms with van der Waals surface area (Å²) in [5.74, 6) is 0.0462. The Balaban J connectivity index is 0.967. The van der Waals surface area contributed by atoms with Crippen LogP contribution in [0.15, 0.2) is 48.5 Å². The smallest absolute Gasteiger partial charge is 0.409 e. The van der Waals surface area contributed by atoms with Crippen LogP contribution in [-0.4, -0.2) is 124 Å². The van der Waals surface area contributed by atoms with Crippen molar-refractivity contribution in [1.29, 1.82) is 0 Å². The van der Waals surface area contributed by atoms with Crippen molar-refractivity contribution in [3.8, 4) is 11.1 Å². The number of rotatable bonds is 37. The highest BCUT2D eigenvalue weighted by Gasteiger charge is 2.29. The zero-order valence-electron chi connectivity index (χ0n) is 34.3. The number of benzene rings is 2. The molecular formula is C45H73NO9. The van der Waals surface area contributed by atoms with Crippen LogP contribution in [0, 0.1) is 0 Å². The molecule has 0 atom stereocenters. The molecule has 3 rings (SSSR count). The number of unbranched alkanes of at least 4 members (excludes halogenated alkanes) is 12. The molecule has 0 aliphatic heterocycles. The van der Waals surface area contributed by atoms with Crippen LogP contribution in [0.5, 0.6) is 0 Å². The molecule has 2 aromatic carbocycles. The Bertz CT molecular complexity index is 1170. The van der Waals surface area contributed by atoms with Crippen LogP contribution in [0.1, 0.15) is 107 Å². The van der Waals surface area contributed by atoms with Gasteiger partial charge >= 0.3 is 6.09 Å². The van der Waals surface area contributed by atoms with E-state index >= 15 is 0 Å². The lowest BCUT2D eigenvalue weighted by molar-refractivity contribution is -0.0209. The molecule has 10 heteroatoms. The molecule has 10 nitrogen and oxygen atoms in total. The van der Waals surface area contributed by atoms with E-state index in [0.29, 0.717) is 99.0 Å². The molecule has 312 valence electrons. The second-order valence-corrected chi connectivity index (χ2v) is 14.3. The van der Waals surface area contributed by atoms with Gasteiger partial charge in [0, 0.05) is 26.1 Å². The number of hydrogen-bond donors (Lipinski definition) is 0. The molecule has 0 saturated heterocycles. The van der Waals surface area contributed by atoms with Crippen molar-refractivity contribution in [2.24, 2.45) is 0 Å². The third-order valence-electron chi connectivity index (χ3n) is 9.84. The van der Waals surface area contributed by atoms with Gasteiger partial charge < -0.3 is 42.8 Å². The fourth-order valence-electron chi connectivity index (χ4n) is 6.64. The average Bonchev–Trinajstić information content (AvgIpc) is 3.53. The number of carbonyl (C=O) groups excluding carboxylic acids is 1. The van der Waals surface area contributed by atoms with Crippen LogP contribution in [-0.2, 0) is 37.9 Å². The maximum Gasteiger partial charge on any atom is 0.409 e. The molecule has 0 saturated carbocycles. The third-order valence-corrected chi connectivity index (χ3v) is 9.84. The molecule has 0 aromatic heterocycles. The Morgan fingerprint density at radius 3 is 1.24 bits per heavy atom. The molecule has 1 amide bonds. The Morgan fingerprint density at radius 2 is 0.818 bits per heavy atom. The van der Waals surface area contributed by atoms with Crippen LogP contribution in [0.25, 0.3) is 11.1 Å². The van der Waals surface area contributed by atoms with Crippen molar-refractivity contribution in [2.45, 2.75) is 96.3 Å². The summed E-state index contributed by atoms with van der Waals surface area (Å²) in [4.78, 5) is 14.2. The average molecular weight is 772 g/mol. The van der Waals surface area contributed by atoms with E-state index in [-0.39, 0.29) is 12.0 Å². The first-order valence-corrected chi connectivity index (χ1v) is 21.3. The summed E-state index contributed by atoms with van der Waals surface area (Å²) in [5, 5.41) is 0. The van der Waals surface area contributed by atoms with E-state index < -0.39 is 0 Å². The first-order chi connectivity index (χ1) is 27.2. The largest absolute Gasteiger partial charge is 0.448 e. The van der Waals surface area contributed by atoms with Gasteiger partial charge in [-0.3, -0.25) is 0 Å². The van der Waals surface area contributed by atoms with Gasteiger partial charge in [-0.05, 0) is 28.7 Å². The predicted octanol–water partition coefficient (Wildman–Crippen LogP) is 9.07. The Hall–Kier alpha value is -2.57. The van der Waals surface area contributed by atoms with Crippen molar-refractivity contribution >= 4 is 6.09 Å². The molecule has 0 fully saturated rings. The fourth-order valence-corrected chi connectivity index (χ4v) is 6.64. The maximum atomic E-state index is 12.6. The van der Waals surface area contributed by atoms with Gasteiger partial charge in [0.15, 0.2) is 0 Å². The highest BCUT2D eigenvalue weighted by atomic mass is 16.6. The molecule has 1 aliphatic rings. The Labute approximate surface area is 332 Å². The first-order valence-electron chi connectivity index (χ1n) is 21.3. The van der Waals surface area contributed by atoms with Crippen LogP contribution in [0.4, 0.5) is 4.79 Å². The van der Waals surface area contributed by atoms with E-state index in [4.69, 9.17) is 37.9 Å². The summed E-state index contributed by atoms with van der Waals surface area (Å²) < 4.78 is 44.8. The zero-order chi connectivity index (χ0) is 38.9. The summed E-state index contributed by atoms with van der Waals surface area (Å²) in [7, 11) is 1.72. The number of nitrogens with zero attached hydrogens (tertiary/aromatic N) is 1. The van der Waals surface area contributed by atoms with E-state index in [1.807, 2.05) is 24.3 Å². The number of ether oxygens (including phenoxy) is 8. The first kappa shape index (κ1) is 46.8. The standard InChI is InChI=1S/C45H73NO9/c1-3-4-5-6-7-8-9-10-11-12-13-14-19-25-48-27-29-50-31-33-52-35-37-54-38-36-53-34-32-51-30-28-49-26-24-46(2)45(47)55-39-44-42-22-17-15-20-40(42)41-21-16-18-23-43(41)44/h15-18,20-23,44H,3-14,19,24-39H2,1-2H3. The molecule has 0 heterocycles. The molecule has 2 aromatic rings. The predicted molar refractivity (Wildman–Crippen MR) is 219 cm³/mol. The lowest BCUT2D eigenvalue weighted by Gasteiger charge is -2.19. The molecule has 1 aliphatic carbocycles. The monoisotopic (exact) mass is 772 g/mol. The minimum absolute atomic E-state index is 0.0462. The van der Waals surface area contributed by atoms with Gasteiger partial charge in [0.2, 0.25) is 0 Å². The second kappa shape index (κ2) is 32.5. The number of carbonyl (C=O) groups is 1. The third kappa shape index (κ3) is 21.5. The van der Waals surface area contributed by atoms with E-state index in [9.17, 15) is 4.79 Å². The molecule has 0 N–H and O–H groups in total. The van der Waals surface area contributed by atoms with Gasteiger partial charge in [-0.1, -0.05) is 133 Å². The zero-order valence-corrected chi connectivity index (χ0v) is 34.3. The van der Waals surface area contributed by atoms with Crippen molar-refractivity contribution in [2.75, 3.05) is 113 Å². The van der Waals surface area contributed by atoms with Gasteiger partial charge in [0.1, 0.15) is 6.61 Å². The highest BCUT2D eigenvalue weighted by molar-refractivity contribution is 5.79. The summed E-state index contributed by atoms with van der Waals surface area (Å²) in [5.41, 5.74) is 4.83. The highest BCUT2D eigenvalue weighted by Crippen LogP contribution is 2.44. The summed E-state index contributed by atoms with van der Waals surface area (Å²) >= 11 is 0. The summed E-state index contributed by atoms with van der Waals surface area (Å²) in [6, 6.07) is 16.6. The maximum absolute atomic E-state index is 12.6. The van der Waals surface area contributed by atoms with Crippen molar-refractivity contribution in [3.63, 3.8) is 0 Å². The van der Waals surface area contributed by atoms with Gasteiger partial charge in [-0.25, -0.2) is 4.79 Å². The van der Waals surface area contributed by atoms with Gasteiger partial charge in [-0.2, -0.15) is 0 Å². The van der Waals surface area contributed by atoms with Crippen LogP contribution in [0.3, 0.4) is 0 Å². The van der Waals surface area contributed by atoms with Crippen LogP contribution in [0.2, 0.25) is 0 Å². The minimum Gasteiger partial charge on any atom is -0.448 e. The van der Waals surface area contributed by atoms with E-state index in [1.165, 1.54) is 99.3 Å². The van der Waals surface area contributed by atoms with E-state index in [0.717, 1.165) is 13.0 Å². The minimum atomic E-state index is -0.355. The molecule has 0 bridgehead atoms. The number of amides is 1. The lowest BCUT2D eigenvalue weighted by Crippen LogP contribution is -2.32. The number of hydrogen-bond acceptors (Lipinski definition) is 9. The SMILES string of the molecule is CCCCCCCCCCCCCCCOCCOCCOCCOCCOCCOCCOCCN(C)C(=O)OCC1c2ccccc2-c2ccccc21. The topological polar surface area (TPSA) is 94.2 Å². The second-order valence-electron chi connectivity index (χ2n) is 14.3. The molecular weight excluding hydrogens is 698 g/mol.